The fourth-order valence-corrected chi connectivity index (χ4v) is 6.18. The molecule has 8 rings (SSSR count). The molecule has 48 heavy (non-hydrogen) atoms. The number of rotatable bonds is 6. The number of pyridine rings is 1. The number of hydrogen-bond acceptors (Lipinski definition) is 4. The number of imidazole rings is 1. The molecular formula is C43H35N5. The second-order valence-corrected chi connectivity index (χ2v) is 13.1. The van der Waals surface area contributed by atoms with Gasteiger partial charge < -0.3 is 9.30 Å². The quantitative estimate of drug-likeness (QED) is 0.185. The normalized spacial score (nSPS) is 11.6. The van der Waals surface area contributed by atoms with E-state index in [0.29, 0.717) is 0 Å². The molecule has 0 saturated carbocycles. The zero-order chi connectivity index (χ0) is 32.7. The minimum Gasteiger partial charge on any atom is -0.311 e. The van der Waals surface area contributed by atoms with Crippen LogP contribution in [0.5, 0.6) is 0 Å². The molecule has 0 spiro atoms. The molecule has 0 bridgehead atoms. The van der Waals surface area contributed by atoms with E-state index in [1.54, 1.807) is 0 Å². The lowest BCUT2D eigenvalue weighted by molar-refractivity contribution is 0.590. The van der Waals surface area contributed by atoms with Crippen molar-refractivity contribution in [2.75, 3.05) is 4.90 Å². The van der Waals surface area contributed by atoms with Crippen molar-refractivity contribution in [1.82, 2.24) is 19.4 Å². The Labute approximate surface area is 280 Å². The molecule has 0 aliphatic heterocycles. The van der Waals surface area contributed by atoms with E-state index in [1.165, 1.54) is 5.56 Å². The number of para-hydroxylation sites is 3. The molecule has 0 unspecified atom stereocenters. The topological polar surface area (TPSA) is 46.3 Å². The summed E-state index contributed by atoms with van der Waals surface area (Å²) < 4.78 is 2.05. The van der Waals surface area contributed by atoms with Crippen LogP contribution in [0.2, 0.25) is 0 Å². The summed E-state index contributed by atoms with van der Waals surface area (Å²) in [4.78, 5) is 17.4. The average Bonchev–Trinajstić information content (AvgIpc) is 3.57. The third-order valence-corrected chi connectivity index (χ3v) is 8.79. The Kier molecular flexibility index (Phi) is 7.30. The van der Waals surface area contributed by atoms with E-state index < -0.39 is 0 Å². The van der Waals surface area contributed by atoms with E-state index in [-0.39, 0.29) is 5.41 Å². The number of nitrogens with zero attached hydrogens (tertiary/aromatic N) is 5. The largest absolute Gasteiger partial charge is 0.311 e. The summed E-state index contributed by atoms with van der Waals surface area (Å²) in [5, 5.41) is 0. The van der Waals surface area contributed by atoms with Gasteiger partial charge in [-0.15, -0.1) is 0 Å². The first kappa shape index (κ1) is 29.3. The van der Waals surface area contributed by atoms with Crippen LogP contribution in [0.25, 0.3) is 50.5 Å². The van der Waals surface area contributed by atoms with Crippen molar-refractivity contribution in [2.24, 2.45) is 0 Å². The molecular weight excluding hydrogens is 587 g/mol. The maximum Gasteiger partial charge on any atom is 0.137 e. The summed E-state index contributed by atoms with van der Waals surface area (Å²) in [5.74, 6) is 0. The summed E-state index contributed by atoms with van der Waals surface area (Å²) in [6, 6.07) is 50.6. The molecule has 232 valence electrons. The number of hydrogen-bond donors (Lipinski definition) is 0. The number of fused-ring (bicyclic) bond motifs is 2. The van der Waals surface area contributed by atoms with Crippen LogP contribution in [0, 0.1) is 0 Å². The van der Waals surface area contributed by atoms with Gasteiger partial charge in [-0.1, -0.05) is 106 Å². The van der Waals surface area contributed by atoms with Crippen LogP contribution in [0.1, 0.15) is 26.3 Å². The van der Waals surface area contributed by atoms with E-state index in [4.69, 9.17) is 15.0 Å². The molecule has 0 saturated heterocycles. The summed E-state index contributed by atoms with van der Waals surface area (Å²) in [6.07, 6.45) is 4.09. The Hall–Kier alpha value is -6.07. The van der Waals surface area contributed by atoms with Gasteiger partial charge in [0, 0.05) is 46.1 Å². The van der Waals surface area contributed by atoms with Crippen molar-refractivity contribution in [3.05, 3.63) is 164 Å². The second-order valence-electron chi connectivity index (χ2n) is 13.1. The van der Waals surface area contributed by atoms with Crippen molar-refractivity contribution in [2.45, 2.75) is 26.2 Å². The van der Waals surface area contributed by atoms with Crippen molar-refractivity contribution in [3.8, 4) is 33.8 Å². The van der Waals surface area contributed by atoms with Crippen molar-refractivity contribution in [3.63, 3.8) is 0 Å². The fourth-order valence-electron chi connectivity index (χ4n) is 6.18. The van der Waals surface area contributed by atoms with E-state index in [0.717, 1.165) is 67.5 Å². The first-order chi connectivity index (χ1) is 23.4. The minimum atomic E-state index is 0.0747. The van der Waals surface area contributed by atoms with E-state index >= 15 is 0 Å². The molecule has 0 radical (unpaired) electrons. The second kappa shape index (κ2) is 11.9. The zero-order valence-electron chi connectivity index (χ0n) is 27.2. The summed E-state index contributed by atoms with van der Waals surface area (Å²) in [5.41, 5.74) is 13.1. The maximum atomic E-state index is 5.15. The monoisotopic (exact) mass is 621 g/mol. The Balaban J connectivity index is 1.18. The lowest BCUT2D eigenvalue weighted by Crippen LogP contribution is -2.10. The van der Waals surface area contributed by atoms with Gasteiger partial charge in [-0.05, 0) is 71.6 Å². The third kappa shape index (κ3) is 5.60. The Morgan fingerprint density at radius 3 is 1.54 bits per heavy atom. The predicted octanol–water partition coefficient (Wildman–Crippen LogP) is 11.0. The van der Waals surface area contributed by atoms with E-state index in [2.05, 4.69) is 129 Å². The van der Waals surface area contributed by atoms with Crippen LogP contribution in [-0.2, 0) is 5.41 Å². The standard InChI is InChI=1S/C43H35N5/c1-43(2,3)33-22-16-31(17-23-33)41-42(46-38-14-8-7-13-37(38)45-41)32-20-26-36(27-21-32)48(34-11-5-4-6-12-34)35-24-18-30(19-25-35)39-29-47-28-10-9-15-40(47)44-39/h4-29H,1-3H3. The first-order valence-corrected chi connectivity index (χ1v) is 16.3. The van der Waals surface area contributed by atoms with Crippen LogP contribution in [-0.4, -0.2) is 19.4 Å². The smallest absolute Gasteiger partial charge is 0.137 e. The lowest BCUT2D eigenvalue weighted by atomic mass is 9.86. The van der Waals surface area contributed by atoms with Gasteiger partial charge in [0.05, 0.1) is 28.1 Å². The molecule has 3 heterocycles. The van der Waals surface area contributed by atoms with Gasteiger partial charge in [0.2, 0.25) is 0 Å². The van der Waals surface area contributed by atoms with Crippen LogP contribution in [0.4, 0.5) is 17.1 Å². The molecule has 0 aliphatic rings. The summed E-state index contributed by atoms with van der Waals surface area (Å²) >= 11 is 0. The van der Waals surface area contributed by atoms with Crippen LogP contribution in [0.3, 0.4) is 0 Å². The molecule has 3 aromatic heterocycles. The predicted molar refractivity (Wildman–Crippen MR) is 198 cm³/mol. The highest BCUT2D eigenvalue weighted by atomic mass is 15.1. The molecule has 5 nitrogen and oxygen atoms in total. The SMILES string of the molecule is CC(C)(C)c1ccc(-c2nc3ccccc3nc2-c2ccc(N(c3ccccc3)c3ccc(-c4cn5ccccc5n4)cc3)cc2)cc1. The summed E-state index contributed by atoms with van der Waals surface area (Å²) in [6.45, 7) is 6.71. The van der Waals surface area contributed by atoms with Crippen molar-refractivity contribution < 1.29 is 0 Å². The number of anilines is 3. The van der Waals surface area contributed by atoms with Gasteiger partial charge in [-0.3, -0.25) is 0 Å². The van der Waals surface area contributed by atoms with Gasteiger partial charge >= 0.3 is 0 Å². The highest BCUT2D eigenvalue weighted by molar-refractivity contribution is 5.87. The summed E-state index contributed by atoms with van der Waals surface area (Å²) in [7, 11) is 0. The third-order valence-electron chi connectivity index (χ3n) is 8.79. The van der Waals surface area contributed by atoms with Crippen molar-refractivity contribution >= 4 is 33.7 Å². The number of benzene rings is 5. The van der Waals surface area contributed by atoms with Crippen LogP contribution < -0.4 is 4.90 Å². The highest BCUT2D eigenvalue weighted by Crippen LogP contribution is 2.38. The van der Waals surface area contributed by atoms with Crippen molar-refractivity contribution in [1.29, 1.82) is 0 Å². The molecule has 0 atom stereocenters. The first-order valence-electron chi connectivity index (χ1n) is 16.3. The van der Waals surface area contributed by atoms with Gasteiger partial charge in [-0.2, -0.15) is 0 Å². The zero-order valence-corrected chi connectivity index (χ0v) is 27.2. The van der Waals surface area contributed by atoms with E-state index in [1.807, 2.05) is 59.1 Å². The van der Waals surface area contributed by atoms with Gasteiger partial charge in [0.15, 0.2) is 0 Å². The van der Waals surface area contributed by atoms with Gasteiger partial charge in [0.1, 0.15) is 5.65 Å². The molecule has 0 amide bonds. The fraction of sp³-hybridized carbons (Fsp3) is 0.0930. The Bertz CT molecular complexity index is 2320. The highest BCUT2D eigenvalue weighted by Gasteiger charge is 2.18. The Morgan fingerprint density at radius 1 is 0.479 bits per heavy atom. The lowest BCUT2D eigenvalue weighted by Gasteiger charge is -2.26. The molecule has 0 fully saturated rings. The molecule has 5 aromatic carbocycles. The average molecular weight is 622 g/mol. The van der Waals surface area contributed by atoms with Crippen LogP contribution in [0.15, 0.2) is 158 Å². The molecule has 0 N–H and O–H groups in total. The van der Waals surface area contributed by atoms with E-state index in [9.17, 15) is 0 Å². The Morgan fingerprint density at radius 2 is 0.979 bits per heavy atom. The molecule has 5 heteroatoms. The van der Waals surface area contributed by atoms with Gasteiger partial charge in [0.25, 0.3) is 0 Å². The number of aromatic nitrogens is 4. The molecule has 8 aromatic rings. The van der Waals surface area contributed by atoms with Gasteiger partial charge in [-0.25, -0.2) is 15.0 Å². The maximum absolute atomic E-state index is 5.15. The minimum absolute atomic E-state index is 0.0747. The molecule has 0 aliphatic carbocycles. The van der Waals surface area contributed by atoms with Crippen LogP contribution >= 0.6 is 0 Å².